The summed E-state index contributed by atoms with van der Waals surface area (Å²) in [4.78, 5) is 17.6. The second kappa shape index (κ2) is 7.76. The van der Waals surface area contributed by atoms with Gasteiger partial charge in [-0.3, -0.25) is 0 Å². The second-order valence-corrected chi connectivity index (χ2v) is 4.46. The van der Waals surface area contributed by atoms with Crippen LogP contribution in [-0.4, -0.2) is 48.7 Å². The minimum absolute atomic E-state index is 0.621. The molecule has 0 fully saturated rings. The van der Waals surface area contributed by atoms with Crippen molar-refractivity contribution in [2.24, 2.45) is 0 Å². The molecule has 1 rings (SSSR count). The Kier molecular flexibility index (Phi) is 6.32. The van der Waals surface area contributed by atoms with Crippen molar-refractivity contribution in [3.8, 4) is 0 Å². The first-order valence-electron chi connectivity index (χ1n) is 7.06. The zero-order valence-corrected chi connectivity index (χ0v) is 12.8. The van der Waals surface area contributed by atoms with Crippen molar-refractivity contribution in [2.45, 2.75) is 33.6 Å². The lowest BCUT2D eigenvalue weighted by Crippen LogP contribution is -2.27. The Morgan fingerprint density at radius 3 is 2.16 bits per heavy atom. The van der Waals surface area contributed by atoms with Crippen LogP contribution in [0.1, 0.15) is 33.6 Å². The Bertz CT molecular complexity index is 377. The SMILES string of the molecule is CCCCN(C)c1nc(NC)nc(N(CC)CC)n1. The fourth-order valence-corrected chi connectivity index (χ4v) is 1.78. The molecule has 0 aliphatic rings. The van der Waals surface area contributed by atoms with E-state index in [4.69, 9.17) is 0 Å². The molecule has 0 aliphatic carbocycles. The first-order chi connectivity index (χ1) is 9.15. The van der Waals surface area contributed by atoms with Gasteiger partial charge in [0.15, 0.2) is 0 Å². The highest BCUT2D eigenvalue weighted by atomic mass is 15.3. The van der Waals surface area contributed by atoms with E-state index in [1.165, 1.54) is 0 Å². The molecular weight excluding hydrogens is 240 g/mol. The van der Waals surface area contributed by atoms with E-state index in [0.717, 1.165) is 44.4 Å². The molecule has 0 saturated carbocycles. The van der Waals surface area contributed by atoms with Gasteiger partial charge in [-0.1, -0.05) is 13.3 Å². The first kappa shape index (κ1) is 15.5. The zero-order valence-electron chi connectivity index (χ0n) is 12.8. The van der Waals surface area contributed by atoms with Crippen LogP contribution in [0.3, 0.4) is 0 Å². The van der Waals surface area contributed by atoms with Crippen LogP contribution in [0.25, 0.3) is 0 Å². The van der Waals surface area contributed by atoms with Gasteiger partial charge in [-0.25, -0.2) is 0 Å². The van der Waals surface area contributed by atoms with Crippen LogP contribution in [0.5, 0.6) is 0 Å². The molecule has 0 spiro atoms. The fourth-order valence-electron chi connectivity index (χ4n) is 1.78. The van der Waals surface area contributed by atoms with Crippen molar-refractivity contribution in [3.63, 3.8) is 0 Å². The number of unbranched alkanes of at least 4 members (excludes halogenated alkanes) is 1. The number of rotatable bonds is 8. The maximum atomic E-state index is 4.57. The Morgan fingerprint density at radius 1 is 1.00 bits per heavy atom. The number of hydrogen-bond acceptors (Lipinski definition) is 6. The molecule has 0 saturated heterocycles. The van der Waals surface area contributed by atoms with Gasteiger partial charge in [0.2, 0.25) is 17.8 Å². The van der Waals surface area contributed by atoms with Crippen molar-refractivity contribution >= 4 is 17.8 Å². The van der Waals surface area contributed by atoms with Crippen LogP contribution in [-0.2, 0) is 0 Å². The average molecular weight is 266 g/mol. The molecule has 1 aromatic rings. The molecule has 0 aromatic carbocycles. The third kappa shape index (κ3) is 4.22. The van der Waals surface area contributed by atoms with Gasteiger partial charge >= 0.3 is 0 Å². The molecule has 0 bridgehead atoms. The van der Waals surface area contributed by atoms with E-state index in [0.29, 0.717) is 5.95 Å². The minimum Gasteiger partial charge on any atom is -0.357 e. The van der Waals surface area contributed by atoms with Crippen LogP contribution in [0.15, 0.2) is 0 Å². The summed E-state index contributed by atoms with van der Waals surface area (Å²) in [6.07, 6.45) is 2.30. The molecule has 1 N–H and O–H groups in total. The number of nitrogens with one attached hydrogen (secondary N) is 1. The quantitative estimate of drug-likeness (QED) is 0.776. The van der Waals surface area contributed by atoms with E-state index in [-0.39, 0.29) is 0 Å². The van der Waals surface area contributed by atoms with Gasteiger partial charge in [-0.05, 0) is 20.3 Å². The van der Waals surface area contributed by atoms with Crippen molar-refractivity contribution in [3.05, 3.63) is 0 Å². The number of anilines is 3. The lowest BCUT2D eigenvalue weighted by Gasteiger charge is -2.22. The Morgan fingerprint density at radius 2 is 1.63 bits per heavy atom. The van der Waals surface area contributed by atoms with E-state index in [9.17, 15) is 0 Å². The predicted octanol–water partition coefficient (Wildman–Crippen LogP) is 2.00. The van der Waals surface area contributed by atoms with Crippen molar-refractivity contribution in [1.82, 2.24) is 15.0 Å². The fraction of sp³-hybridized carbons (Fsp3) is 0.769. The zero-order chi connectivity index (χ0) is 14.3. The highest BCUT2D eigenvalue weighted by Gasteiger charge is 2.12. The lowest BCUT2D eigenvalue weighted by molar-refractivity contribution is 0.740. The monoisotopic (exact) mass is 266 g/mol. The summed E-state index contributed by atoms with van der Waals surface area (Å²) in [7, 11) is 3.85. The van der Waals surface area contributed by atoms with Gasteiger partial charge in [-0.15, -0.1) is 0 Å². The first-order valence-corrected chi connectivity index (χ1v) is 7.06. The molecule has 1 heterocycles. The van der Waals surface area contributed by atoms with Crippen LogP contribution >= 0.6 is 0 Å². The maximum Gasteiger partial charge on any atom is 0.231 e. The summed E-state index contributed by atoms with van der Waals surface area (Å²) in [5.41, 5.74) is 0. The molecule has 0 atom stereocenters. The summed E-state index contributed by atoms with van der Waals surface area (Å²) < 4.78 is 0. The number of hydrogen-bond donors (Lipinski definition) is 1. The molecule has 0 radical (unpaired) electrons. The van der Waals surface area contributed by atoms with E-state index < -0.39 is 0 Å². The molecular formula is C13H26N6. The highest BCUT2D eigenvalue weighted by molar-refractivity contribution is 5.44. The van der Waals surface area contributed by atoms with Gasteiger partial charge in [0.1, 0.15) is 0 Å². The summed E-state index contributed by atoms with van der Waals surface area (Å²) in [5, 5.41) is 3.01. The molecule has 108 valence electrons. The topological polar surface area (TPSA) is 57.2 Å². The largest absolute Gasteiger partial charge is 0.357 e. The number of nitrogens with zero attached hydrogens (tertiary/aromatic N) is 5. The third-order valence-corrected chi connectivity index (χ3v) is 3.07. The predicted molar refractivity (Wildman–Crippen MR) is 81.1 cm³/mol. The molecule has 0 amide bonds. The Labute approximate surface area is 116 Å². The third-order valence-electron chi connectivity index (χ3n) is 3.07. The van der Waals surface area contributed by atoms with Gasteiger partial charge in [-0.2, -0.15) is 15.0 Å². The van der Waals surface area contributed by atoms with Gasteiger partial charge in [0.25, 0.3) is 0 Å². The summed E-state index contributed by atoms with van der Waals surface area (Å²) in [5.74, 6) is 2.09. The Hall–Kier alpha value is -1.59. The molecule has 6 heteroatoms. The van der Waals surface area contributed by atoms with Gasteiger partial charge < -0.3 is 15.1 Å². The smallest absolute Gasteiger partial charge is 0.231 e. The van der Waals surface area contributed by atoms with E-state index >= 15 is 0 Å². The lowest BCUT2D eigenvalue weighted by atomic mass is 10.3. The summed E-state index contributed by atoms with van der Waals surface area (Å²) >= 11 is 0. The van der Waals surface area contributed by atoms with Gasteiger partial charge in [0, 0.05) is 33.7 Å². The van der Waals surface area contributed by atoms with E-state index in [1.54, 1.807) is 0 Å². The molecule has 1 aromatic heterocycles. The average Bonchev–Trinajstić information content (AvgIpc) is 2.45. The Balaban J connectivity index is 3.00. The van der Waals surface area contributed by atoms with Crippen molar-refractivity contribution < 1.29 is 0 Å². The minimum atomic E-state index is 0.621. The van der Waals surface area contributed by atoms with Crippen molar-refractivity contribution in [1.29, 1.82) is 0 Å². The van der Waals surface area contributed by atoms with Crippen molar-refractivity contribution in [2.75, 3.05) is 48.8 Å². The normalized spacial score (nSPS) is 10.4. The van der Waals surface area contributed by atoms with Crippen LogP contribution in [0, 0.1) is 0 Å². The second-order valence-electron chi connectivity index (χ2n) is 4.46. The molecule has 6 nitrogen and oxygen atoms in total. The van der Waals surface area contributed by atoms with E-state index in [1.807, 2.05) is 14.1 Å². The van der Waals surface area contributed by atoms with Gasteiger partial charge in [0.05, 0.1) is 0 Å². The highest BCUT2D eigenvalue weighted by Crippen LogP contribution is 2.15. The van der Waals surface area contributed by atoms with E-state index in [2.05, 4.69) is 50.8 Å². The molecule has 0 aliphatic heterocycles. The van der Waals surface area contributed by atoms with Crippen LogP contribution in [0.4, 0.5) is 17.8 Å². The van der Waals surface area contributed by atoms with Crippen LogP contribution < -0.4 is 15.1 Å². The molecule has 19 heavy (non-hydrogen) atoms. The summed E-state index contributed by atoms with van der Waals surface area (Å²) in [6.45, 7) is 9.13. The number of aromatic nitrogens is 3. The molecule has 0 unspecified atom stereocenters. The standard InChI is InChI=1S/C13H26N6/c1-6-9-10-18(5)12-15-11(14-4)16-13(17-12)19(7-2)8-3/h6-10H2,1-5H3,(H,14,15,16,17). The van der Waals surface area contributed by atoms with Crippen LogP contribution in [0.2, 0.25) is 0 Å². The summed E-state index contributed by atoms with van der Waals surface area (Å²) in [6, 6.07) is 0. The maximum absolute atomic E-state index is 4.57.